The number of rotatable bonds is 13. The fourth-order valence-corrected chi connectivity index (χ4v) is 6.57. The standard InChI is InChI=1S/C37H35N9O7/c1-21-17-26(34(49)33-24(21)7-4-13-39-33)32(22-5-3-12-38-18-22)41-30(48)11-15-53-16-14-45-20-23(43-44-45)19-40-27-8-2-6-25-31(27)37(52)46(36(25)51)28-9-10-29(47)42-35(28)50/h2-8,12-13,17-18,20,28,32,40,49H,9-11,14-16,19H2,1H3,(H,41,48)(H,42,47,50). The van der Waals surface area contributed by atoms with Crippen LogP contribution in [-0.2, 0) is 32.2 Å². The molecule has 4 N–H and O–H groups in total. The molecule has 270 valence electrons. The number of amides is 5. The minimum Gasteiger partial charge on any atom is -0.505 e. The van der Waals surface area contributed by atoms with Gasteiger partial charge in [-0.15, -0.1) is 5.10 Å². The molecule has 0 bridgehead atoms. The van der Waals surface area contributed by atoms with Crippen LogP contribution in [0.2, 0.25) is 0 Å². The van der Waals surface area contributed by atoms with E-state index in [1.165, 1.54) is 6.07 Å². The number of aromatic hydroxyl groups is 1. The molecule has 3 aromatic heterocycles. The number of benzene rings is 2. The van der Waals surface area contributed by atoms with Crippen LogP contribution in [-0.4, -0.2) is 83.8 Å². The van der Waals surface area contributed by atoms with Gasteiger partial charge in [-0.25, -0.2) is 4.68 Å². The van der Waals surface area contributed by atoms with Gasteiger partial charge in [-0.3, -0.25) is 44.2 Å². The first-order valence-corrected chi connectivity index (χ1v) is 17.0. The molecule has 5 amide bonds. The van der Waals surface area contributed by atoms with Crippen molar-refractivity contribution in [1.29, 1.82) is 0 Å². The maximum absolute atomic E-state index is 13.3. The summed E-state index contributed by atoms with van der Waals surface area (Å²) in [5, 5.41) is 28.6. The highest BCUT2D eigenvalue weighted by atomic mass is 16.5. The summed E-state index contributed by atoms with van der Waals surface area (Å²) in [7, 11) is 0. The van der Waals surface area contributed by atoms with E-state index in [-0.39, 0.29) is 61.8 Å². The number of hydrogen-bond acceptors (Lipinski definition) is 12. The fraction of sp³-hybridized carbons (Fsp3) is 0.270. The van der Waals surface area contributed by atoms with Crippen molar-refractivity contribution in [3.8, 4) is 5.75 Å². The van der Waals surface area contributed by atoms with Crippen LogP contribution in [0.15, 0.2) is 73.3 Å². The lowest BCUT2D eigenvalue weighted by Gasteiger charge is -2.27. The van der Waals surface area contributed by atoms with Gasteiger partial charge in [0.15, 0.2) is 0 Å². The number of carbonyl (C=O) groups excluding carboxylic acids is 5. The van der Waals surface area contributed by atoms with Gasteiger partial charge in [0.1, 0.15) is 23.0 Å². The first-order valence-electron chi connectivity index (χ1n) is 17.0. The molecule has 16 heteroatoms. The predicted molar refractivity (Wildman–Crippen MR) is 188 cm³/mol. The van der Waals surface area contributed by atoms with E-state index in [2.05, 4.69) is 36.2 Å². The molecule has 53 heavy (non-hydrogen) atoms. The highest BCUT2D eigenvalue weighted by Crippen LogP contribution is 2.36. The van der Waals surface area contributed by atoms with E-state index in [9.17, 15) is 29.1 Å². The predicted octanol–water partition coefficient (Wildman–Crippen LogP) is 2.56. The zero-order valence-electron chi connectivity index (χ0n) is 28.6. The topological polar surface area (TPSA) is 211 Å². The molecule has 1 fully saturated rings. The Morgan fingerprint density at radius 3 is 2.74 bits per heavy atom. The second-order valence-electron chi connectivity index (χ2n) is 12.7. The van der Waals surface area contributed by atoms with E-state index in [0.29, 0.717) is 34.6 Å². The molecule has 5 aromatic rings. The molecule has 0 radical (unpaired) electrons. The number of carbonyl (C=O) groups is 5. The number of nitrogens with zero attached hydrogens (tertiary/aromatic N) is 6. The molecule has 7 rings (SSSR count). The summed E-state index contributed by atoms with van der Waals surface area (Å²) in [6.45, 7) is 2.87. The van der Waals surface area contributed by atoms with E-state index < -0.39 is 35.7 Å². The van der Waals surface area contributed by atoms with E-state index in [1.807, 2.05) is 25.1 Å². The molecule has 0 aliphatic carbocycles. The van der Waals surface area contributed by atoms with Gasteiger partial charge in [0.05, 0.1) is 49.7 Å². The van der Waals surface area contributed by atoms with E-state index in [1.54, 1.807) is 53.7 Å². The molecule has 1 saturated heterocycles. The van der Waals surface area contributed by atoms with Crippen LogP contribution in [0.5, 0.6) is 5.75 Å². The molecule has 2 aliphatic heterocycles. The van der Waals surface area contributed by atoms with Crippen molar-refractivity contribution in [2.45, 2.75) is 51.4 Å². The zero-order chi connectivity index (χ0) is 37.1. The molecular weight excluding hydrogens is 682 g/mol. The maximum atomic E-state index is 13.3. The number of hydrogen-bond donors (Lipinski definition) is 4. The Morgan fingerprint density at radius 2 is 1.92 bits per heavy atom. The lowest BCUT2D eigenvalue weighted by molar-refractivity contribution is -0.136. The first kappa shape index (κ1) is 34.9. The van der Waals surface area contributed by atoms with Gasteiger partial charge in [0, 0.05) is 48.1 Å². The van der Waals surface area contributed by atoms with Crippen LogP contribution < -0.4 is 16.0 Å². The number of pyridine rings is 2. The SMILES string of the molecule is Cc1cc(C(NC(=O)CCOCCn2cc(CNc3cccc4c3C(=O)N(C3CCC(=O)NC3=O)C4=O)nn2)c2cccnc2)c(O)c2ncccc12. The summed E-state index contributed by atoms with van der Waals surface area (Å²) >= 11 is 0. The number of piperidine rings is 1. The van der Waals surface area contributed by atoms with E-state index in [4.69, 9.17) is 4.74 Å². The second kappa shape index (κ2) is 15.0. The normalized spacial score (nSPS) is 16.1. The van der Waals surface area contributed by atoms with Crippen molar-refractivity contribution >= 4 is 46.1 Å². The van der Waals surface area contributed by atoms with Gasteiger partial charge < -0.3 is 20.5 Å². The lowest BCUT2D eigenvalue weighted by atomic mass is 9.94. The van der Waals surface area contributed by atoms with E-state index >= 15 is 0 Å². The lowest BCUT2D eigenvalue weighted by Crippen LogP contribution is -2.54. The fourth-order valence-electron chi connectivity index (χ4n) is 6.57. The van der Waals surface area contributed by atoms with Crippen molar-refractivity contribution in [3.63, 3.8) is 0 Å². The zero-order valence-corrected chi connectivity index (χ0v) is 28.6. The summed E-state index contributed by atoms with van der Waals surface area (Å²) < 4.78 is 7.31. The Morgan fingerprint density at radius 1 is 1.08 bits per heavy atom. The number of anilines is 1. The number of phenolic OH excluding ortho intramolecular Hbond substituents is 1. The quantitative estimate of drug-likeness (QED) is 0.102. The number of nitrogens with one attached hydrogen (secondary N) is 3. The molecule has 2 aliphatic rings. The van der Waals surface area contributed by atoms with E-state index in [0.717, 1.165) is 15.8 Å². The summed E-state index contributed by atoms with van der Waals surface area (Å²) in [6, 6.07) is 12.2. The molecule has 0 saturated carbocycles. The van der Waals surface area contributed by atoms with Crippen molar-refractivity contribution < 1.29 is 33.8 Å². The molecule has 2 aromatic carbocycles. The third-order valence-electron chi connectivity index (χ3n) is 9.19. The van der Waals surface area contributed by atoms with Crippen molar-refractivity contribution in [2.75, 3.05) is 18.5 Å². The average Bonchev–Trinajstić information content (AvgIpc) is 3.72. The highest BCUT2D eigenvalue weighted by Gasteiger charge is 2.45. The number of aryl methyl sites for hydroxylation is 1. The van der Waals surface area contributed by atoms with Crippen molar-refractivity contribution in [3.05, 3.63) is 107 Å². The first-order chi connectivity index (χ1) is 25.7. The molecule has 2 atom stereocenters. The number of fused-ring (bicyclic) bond motifs is 2. The number of phenols is 1. The smallest absolute Gasteiger partial charge is 0.264 e. The van der Waals surface area contributed by atoms with Gasteiger partial charge in [0.2, 0.25) is 17.7 Å². The van der Waals surface area contributed by atoms with Gasteiger partial charge in [-0.2, -0.15) is 0 Å². The second-order valence-corrected chi connectivity index (χ2v) is 12.7. The molecule has 16 nitrogen and oxygen atoms in total. The summed E-state index contributed by atoms with van der Waals surface area (Å²) in [5.74, 6) is -2.59. The highest BCUT2D eigenvalue weighted by molar-refractivity contribution is 6.25. The van der Waals surface area contributed by atoms with Gasteiger partial charge in [-0.1, -0.05) is 23.4 Å². The minimum absolute atomic E-state index is 0.00769. The largest absolute Gasteiger partial charge is 0.505 e. The Hall–Kier alpha value is -6.55. The van der Waals surface area contributed by atoms with Crippen molar-refractivity contribution in [1.82, 2.24) is 40.5 Å². The third-order valence-corrected chi connectivity index (χ3v) is 9.19. The monoisotopic (exact) mass is 717 g/mol. The molecular formula is C37H35N9O7. The van der Waals surface area contributed by atoms with Crippen LogP contribution in [0, 0.1) is 6.92 Å². The summed E-state index contributed by atoms with van der Waals surface area (Å²) in [5.41, 5.74) is 3.87. The Kier molecular flexibility index (Phi) is 9.85. The van der Waals surface area contributed by atoms with Gasteiger partial charge >= 0.3 is 0 Å². The third kappa shape index (κ3) is 7.16. The van der Waals surface area contributed by atoms with Crippen LogP contribution in [0.4, 0.5) is 5.69 Å². The molecule has 5 heterocycles. The van der Waals surface area contributed by atoms with Crippen molar-refractivity contribution in [2.24, 2.45) is 0 Å². The Bertz CT molecular complexity index is 2240. The van der Waals surface area contributed by atoms with Crippen LogP contribution in [0.25, 0.3) is 10.9 Å². The van der Waals surface area contributed by atoms with Gasteiger partial charge in [0.25, 0.3) is 11.8 Å². The van der Waals surface area contributed by atoms with Crippen LogP contribution in [0.3, 0.4) is 0 Å². The average molecular weight is 718 g/mol. The Labute approximate surface area is 302 Å². The number of ether oxygens (including phenoxy) is 1. The minimum atomic E-state index is -1.06. The summed E-state index contributed by atoms with van der Waals surface area (Å²) in [6.07, 6.45) is 6.78. The maximum Gasteiger partial charge on any atom is 0.264 e. The van der Waals surface area contributed by atoms with Gasteiger partial charge in [-0.05, 0) is 54.8 Å². The van der Waals surface area contributed by atoms with Crippen LogP contribution in [0.1, 0.15) is 68.4 Å². The molecule has 0 spiro atoms. The number of imide groups is 2. The Balaban J connectivity index is 0.908. The summed E-state index contributed by atoms with van der Waals surface area (Å²) in [4.78, 5) is 73.0. The van der Waals surface area contributed by atoms with Crippen LogP contribution >= 0.6 is 0 Å². The number of aromatic nitrogens is 5. The molecule has 2 unspecified atom stereocenters.